The van der Waals surface area contributed by atoms with E-state index in [4.69, 9.17) is 9.94 Å². The summed E-state index contributed by atoms with van der Waals surface area (Å²) >= 11 is 0. The van der Waals surface area contributed by atoms with Crippen LogP contribution in [0.15, 0.2) is 5.16 Å². The first kappa shape index (κ1) is 10.8. The van der Waals surface area contributed by atoms with E-state index in [1.54, 1.807) is 11.8 Å². The van der Waals surface area contributed by atoms with Crippen LogP contribution >= 0.6 is 0 Å². The first-order chi connectivity index (χ1) is 6.79. The van der Waals surface area contributed by atoms with E-state index in [2.05, 4.69) is 5.16 Å². The topological polar surface area (TPSA) is 62.1 Å². The number of carbonyl (C=O) groups excluding carboxylic acids is 1. The SMILES string of the molecule is CCOC(=O)/C(=N/O)N1CCCCC1. The van der Waals surface area contributed by atoms with Crippen molar-refractivity contribution in [1.82, 2.24) is 4.90 Å². The number of piperidine rings is 1. The largest absolute Gasteiger partial charge is 0.460 e. The van der Waals surface area contributed by atoms with Crippen LogP contribution in [0, 0.1) is 0 Å². The van der Waals surface area contributed by atoms with E-state index in [9.17, 15) is 4.79 Å². The molecule has 0 atom stereocenters. The number of likely N-dealkylation sites (tertiary alicyclic amines) is 1. The van der Waals surface area contributed by atoms with Gasteiger partial charge in [0.05, 0.1) is 6.61 Å². The molecule has 80 valence electrons. The summed E-state index contributed by atoms with van der Waals surface area (Å²) in [6.45, 7) is 3.55. The molecular formula is C9H16N2O3. The minimum atomic E-state index is -0.545. The maximum absolute atomic E-state index is 11.3. The molecule has 1 N–H and O–H groups in total. The van der Waals surface area contributed by atoms with Gasteiger partial charge in [0.15, 0.2) is 0 Å². The fourth-order valence-corrected chi connectivity index (χ4v) is 1.53. The van der Waals surface area contributed by atoms with Gasteiger partial charge in [-0.05, 0) is 26.2 Å². The maximum atomic E-state index is 11.3. The smallest absolute Gasteiger partial charge is 0.377 e. The van der Waals surface area contributed by atoms with Gasteiger partial charge in [0.2, 0.25) is 0 Å². The van der Waals surface area contributed by atoms with Gasteiger partial charge in [-0.2, -0.15) is 0 Å². The zero-order valence-corrected chi connectivity index (χ0v) is 8.40. The number of rotatable bonds is 1. The number of nitrogens with zero attached hydrogens (tertiary/aromatic N) is 2. The van der Waals surface area contributed by atoms with Gasteiger partial charge < -0.3 is 14.8 Å². The van der Waals surface area contributed by atoms with E-state index in [0.717, 1.165) is 32.4 Å². The van der Waals surface area contributed by atoms with E-state index < -0.39 is 5.97 Å². The van der Waals surface area contributed by atoms with Crippen molar-refractivity contribution in [3.8, 4) is 0 Å². The van der Waals surface area contributed by atoms with Crippen molar-refractivity contribution in [2.75, 3.05) is 19.7 Å². The summed E-state index contributed by atoms with van der Waals surface area (Å²) in [5.74, 6) is -0.511. The molecule has 0 aromatic heterocycles. The van der Waals surface area contributed by atoms with Gasteiger partial charge >= 0.3 is 5.97 Å². The standard InChI is InChI=1S/C9H16N2O3/c1-2-14-9(12)8(10-13)11-6-4-3-5-7-11/h13H,2-7H2,1H3/b10-8-. The highest BCUT2D eigenvalue weighted by molar-refractivity contribution is 6.35. The van der Waals surface area contributed by atoms with Gasteiger partial charge in [-0.25, -0.2) is 4.79 Å². The first-order valence-electron chi connectivity index (χ1n) is 4.93. The molecule has 0 bridgehead atoms. The molecule has 0 radical (unpaired) electrons. The predicted molar refractivity (Wildman–Crippen MR) is 51.3 cm³/mol. The van der Waals surface area contributed by atoms with Crippen molar-refractivity contribution in [1.29, 1.82) is 0 Å². The summed E-state index contributed by atoms with van der Waals surface area (Å²) in [5, 5.41) is 11.7. The molecule has 0 amide bonds. The van der Waals surface area contributed by atoms with Crippen LogP contribution in [0.25, 0.3) is 0 Å². The molecule has 0 saturated carbocycles. The molecule has 1 rings (SSSR count). The second-order valence-corrected chi connectivity index (χ2v) is 3.19. The first-order valence-corrected chi connectivity index (χ1v) is 4.93. The van der Waals surface area contributed by atoms with E-state index >= 15 is 0 Å². The van der Waals surface area contributed by atoms with Gasteiger partial charge in [-0.3, -0.25) is 0 Å². The summed E-state index contributed by atoms with van der Waals surface area (Å²) in [5.41, 5.74) is 0. The van der Waals surface area contributed by atoms with Crippen molar-refractivity contribution < 1.29 is 14.7 Å². The van der Waals surface area contributed by atoms with Crippen LogP contribution in [0.5, 0.6) is 0 Å². The molecule has 5 nitrogen and oxygen atoms in total. The highest BCUT2D eigenvalue weighted by Gasteiger charge is 2.22. The Labute approximate surface area is 83.3 Å². The van der Waals surface area contributed by atoms with E-state index in [-0.39, 0.29) is 5.84 Å². The number of oxime groups is 1. The van der Waals surface area contributed by atoms with Crippen molar-refractivity contribution in [2.45, 2.75) is 26.2 Å². The summed E-state index contributed by atoms with van der Waals surface area (Å²) in [7, 11) is 0. The van der Waals surface area contributed by atoms with Crippen molar-refractivity contribution >= 4 is 11.8 Å². The molecule has 0 aromatic rings. The highest BCUT2D eigenvalue weighted by Crippen LogP contribution is 2.09. The summed E-state index contributed by atoms with van der Waals surface area (Å²) < 4.78 is 4.78. The summed E-state index contributed by atoms with van der Waals surface area (Å²) in [6.07, 6.45) is 3.22. The predicted octanol–water partition coefficient (Wildman–Crippen LogP) is 0.823. The Morgan fingerprint density at radius 2 is 2.07 bits per heavy atom. The van der Waals surface area contributed by atoms with E-state index in [0.29, 0.717) is 6.61 Å². The lowest BCUT2D eigenvalue weighted by Crippen LogP contribution is -2.41. The van der Waals surface area contributed by atoms with Crippen molar-refractivity contribution in [3.05, 3.63) is 0 Å². The number of hydrogen-bond acceptors (Lipinski definition) is 4. The Bertz CT molecular complexity index is 222. The molecule has 1 heterocycles. The monoisotopic (exact) mass is 200 g/mol. The quantitative estimate of drug-likeness (QED) is 0.224. The third-order valence-corrected chi connectivity index (χ3v) is 2.21. The van der Waals surface area contributed by atoms with Crippen LogP contribution in [0.2, 0.25) is 0 Å². The summed E-state index contributed by atoms with van der Waals surface area (Å²) in [4.78, 5) is 13.1. The average molecular weight is 200 g/mol. The number of esters is 1. The number of amidine groups is 1. The van der Waals surface area contributed by atoms with Crippen LogP contribution in [0.3, 0.4) is 0 Å². The lowest BCUT2D eigenvalue weighted by Gasteiger charge is -2.27. The Morgan fingerprint density at radius 3 is 2.57 bits per heavy atom. The molecular weight excluding hydrogens is 184 g/mol. The Hall–Kier alpha value is -1.26. The molecule has 1 saturated heterocycles. The number of carbonyl (C=O) groups is 1. The van der Waals surface area contributed by atoms with Gasteiger partial charge in [0.1, 0.15) is 0 Å². The zero-order valence-electron chi connectivity index (χ0n) is 8.40. The number of ether oxygens (including phenoxy) is 1. The second-order valence-electron chi connectivity index (χ2n) is 3.19. The Balaban J connectivity index is 2.56. The highest BCUT2D eigenvalue weighted by atomic mass is 16.5. The average Bonchev–Trinajstić information content (AvgIpc) is 2.21. The third-order valence-electron chi connectivity index (χ3n) is 2.21. The normalized spacial score (nSPS) is 18.1. The molecule has 5 heteroatoms. The molecule has 0 spiro atoms. The van der Waals surface area contributed by atoms with E-state index in [1.807, 2.05) is 0 Å². The maximum Gasteiger partial charge on any atom is 0.377 e. The van der Waals surface area contributed by atoms with Gasteiger partial charge in [0.25, 0.3) is 5.84 Å². The van der Waals surface area contributed by atoms with Gasteiger partial charge in [-0.1, -0.05) is 5.16 Å². The Morgan fingerprint density at radius 1 is 1.43 bits per heavy atom. The van der Waals surface area contributed by atoms with Crippen molar-refractivity contribution in [3.63, 3.8) is 0 Å². The molecule has 1 fully saturated rings. The van der Waals surface area contributed by atoms with Crippen molar-refractivity contribution in [2.24, 2.45) is 5.16 Å². The van der Waals surface area contributed by atoms with Crippen LogP contribution in [0.4, 0.5) is 0 Å². The van der Waals surface area contributed by atoms with Crippen LogP contribution in [-0.4, -0.2) is 41.6 Å². The minimum Gasteiger partial charge on any atom is -0.460 e. The molecule has 0 aromatic carbocycles. The lowest BCUT2D eigenvalue weighted by molar-refractivity contribution is -0.136. The molecule has 0 aliphatic carbocycles. The summed E-state index contributed by atoms with van der Waals surface area (Å²) in [6, 6.07) is 0. The fourth-order valence-electron chi connectivity index (χ4n) is 1.53. The van der Waals surface area contributed by atoms with Gasteiger partial charge in [0, 0.05) is 13.1 Å². The molecule has 1 aliphatic rings. The molecule has 14 heavy (non-hydrogen) atoms. The third kappa shape index (κ3) is 2.61. The second kappa shape index (κ2) is 5.47. The van der Waals surface area contributed by atoms with Gasteiger partial charge in [-0.15, -0.1) is 0 Å². The Kier molecular flexibility index (Phi) is 4.22. The van der Waals surface area contributed by atoms with E-state index in [1.165, 1.54) is 0 Å². The zero-order chi connectivity index (χ0) is 10.4. The lowest BCUT2D eigenvalue weighted by atomic mass is 10.1. The fraction of sp³-hybridized carbons (Fsp3) is 0.778. The molecule has 0 unspecified atom stereocenters. The molecule has 1 aliphatic heterocycles. The van der Waals surface area contributed by atoms with Crippen LogP contribution < -0.4 is 0 Å². The van der Waals surface area contributed by atoms with Crippen LogP contribution in [-0.2, 0) is 9.53 Å². The number of hydrogen-bond donors (Lipinski definition) is 1. The van der Waals surface area contributed by atoms with Crippen LogP contribution in [0.1, 0.15) is 26.2 Å². The minimum absolute atomic E-state index is 0.0338.